The molecule has 37 heavy (non-hydrogen) atoms. The first-order chi connectivity index (χ1) is 17.1. The summed E-state index contributed by atoms with van der Waals surface area (Å²) in [4.78, 5) is 31.0. The third-order valence-corrected chi connectivity index (χ3v) is 4.97. The number of carbonyl (C=O) groups excluding carboxylic acids is 1. The summed E-state index contributed by atoms with van der Waals surface area (Å²) in [6.07, 6.45) is -7.35. The van der Waals surface area contributed by atoms with Crippen molar-refractivity contribution in [3.63, 3.8) is 0 Å². The van der Waals surface area contributed by atoms with Crippen molar-refractivity contribution in [3.05, 3.63) is 51.8 Å². The van der Waals surface area contributed by atoms with Gasteiger partial charge >= 0.3 is 12.4 Å². The fourth-order valence-corrected chi connectivity index (χ4v) is 3.38. The first-order valence-corrected chi connectivity index (χ1v) is 10.5. The number of hydrogen-bond acceptors (Lipinski definition) is 8. The van der Waals surface area contributed by atoms with Gasteiger partial charge in [0.15, 0.2) is 0 Å². The van der Waals surface area contributed by atoms with Crippen LogP contribution in [0.2, 0.25) is 0 Å². The zero-order valence-corrected chi connectivity index (χ0v) is 19.2. The van der Waals surface area contributed by atoms with Crippen LogP contribution in [0.4, 0.5) is 42.4 Å². The van der Waals surface area contributed by atoms with E-state index in [1.807, 2.05) is 0 Å². The summed E-state index contributed by atoms with van der Waals surface area (Å²) in [5, 5.41) is 9.78. The standard InChI is InChI=1S/C20H20F7N7O3/c1-10(31-14-8-30-33-16(36)15(14)20(25,26)27)9-37-18(21)5-13(32-11(2)35)3-4-34(18)17-28-6-12(7-29-17)19(22,23)24/h3,6-8,10H,4-5,9H2,1-2H3,(H,32,35)(H2,31,33,36)/t10-,18?/m0/s1. The second kappa shape index (κ2) is 10.3. The third-order valence-electron chi connectivity index (χ3n) is 4.97. The molecular formula is C20H20F7N7O3. The Morgan fingerprint density at radius 3 is 2.41 bits per heavy atom. The molecule has 0 aromatic carbocycles. The predicted octanol–water partition coefficient (Wildman–Crippen LogP) is 2.97. The SMILES string of the molecule is CC(=O)NC1=CCN(c2ncc(C(F)(F)F)cn2)C(F)(OC[C@H](C)Nc2cn[nH]c(=O)c2C(F)(F)F)C1. The smallest absolute Gasteiger partial charge is 0.378 e. The molecule has 0 saturated heterocycles. The number of aromatic amines is 1. The van der Waals surface area contributed by atoms with Crippen molar-refractivity contribution in [2.75, 3.05) is 23.4 Å². The van der Waals surface area contributed by atoms with Crippen molar-refractivity contribution < 1.29 is 40.3 Å². The Morgan fingerprint density at radius 1 is 1.19 bits per heavy atom. The molecule has 3 heterocycles. The highest BCUT2D eigenvalue weighted by molar-refractivity contribution is 5.75. The van der Waals surface area contributed by atoms with Crippen LogP contribution in [0.25, 0.3) is 0 Å². The zero-order chi connectivity index (χ0) is 27.6. The van der Waals surface area contributed by atoms with Gasteiger partial charge in [0.25, 0.3) is 11.5 Å². The fraction of sp³-hybridized carbons (Fsp3) is 0.450. The molecule has 1 aliphatic rings. The molecule has 2 aromatic rings. The number of alkyl halides is 7. The quantitative estimate of drug-likeness (QED) is 0.363. The van der Waals surface area contributed by atoms with Gasteiger partial charge in [-0.05, 0) is 13.0 Å². The highest BCUT2D eigenvalue weighted by Gasteiger charge is 2.44. The Hall–Kier alpha value is -3.76. The molecule has 2 aromatic heterocycles. The predicted molar refractivity (Wildman–Crippen MR) is 114 cm³/mol. The Balaban J connectivity index is 1.83. The highest BCUT2D eigenvalue weighted by Crippen LogP contribution is 2.35. The van der Waals surface area contributed by atoms with E-state index in [2.05, 4.69) is 25.7 Å². The van der Waals surface area contributed by atoms with Crippen molar-refractivity contribution >= 4 is 17.5 Å². The van der Waals surface area contributed by atoms with E-state index in [4.69, 9.17) is 4.74 Å². The number of ether oxygens (including phenoxy) is 1. The molecule has 17 heteroatoms. The van der Waals surface area contributed by atoms with E-state index < -0.39 is 71.6 Å². The average molecular weight is 539 g/mol. The number of halogens is 7. The second-order valence-corrected chi connectivity index (χ2v) is 8.00. The summed E-state index contributed by atoms with van der Waals surface area (Å²) in [6, 6.07) is -1.03. The Bertz CT molecular complexity index is 1210. The van der Waals surface area contributed by atoms with Crippen LogP contribution in [-0.4, -0.2) is 51.2 Å². The molecule has 3 N–H and O–H groups in total. The first kappa shape index (κ1) is 27.8. The number of carbonyl (C=O) groups is 1. The Kier molecular flexibility index (Phi) is 7.75. The largest absolute Gasteiger partial charge is 0.423 e. The summed E-state index contributed by atoms with van der Waals surface area (Å²) in [6.45, 7) is 1.59. The molecule has 0 bridgehead atoms. The molecule has 1 amide bonds. The monoisotopic (exact) mass is 539 g/mol. The van der Waals surface area contributed by atoms with Gasteiger partial charge in [-0.25, -0.2) is 15.1 Å². The van der Waals surface area contributed by atoms with Crippen molar-refractivity contribution in [2.45, 2.75) is 44.6 Å². The van der Waals surface area contributed by atoms with E-state index in [-0.39, 0.29) is 12.2 Å². The summed E-state index contributed by atoms with van der Waals surface area (Å²) in [7, 11) is 0. The number of anilines is 2. The minimum absolute atomic E-state index is 0.0944. The zero-order valence-electron chi connectivity index (χ0n) is 19.2. The lowest BCUT2D eigenvalue weighted by atomic mass is 10.1. The van der Waals surface area contributed by atoms with Crippen LogP contribution in [0, 0.1) is 0 Å². The van der Waals surface area contributed by atoms with Gasteiger partial charge < -0.3 is 15.4 Å². The first-order valence-electron chi connectivity index (χ1n) is 10.5. The van der Waals surface area contributed by atoms with E-state index in [1.54, 1.807) is 5.10 Å². The van der Waals surface area contributed by atoms with Crippen LogP contribution in [0.15, 0.2) is 35.2 Å². The normalized spacial score (nSPS) is 19.3. The number of nitrogens with zero attached hydrogens (tertiary/aromatic N) is 4. The maximum absolute atomic E-state index is 16.1. The average Bonchev–Trinajstić information content (AvgIpc) is 2.76. The van der Waals surface area contributed by atoms with E-state index in [0.717, 1.165) is 11.1 Å². The summed E-state index contributed by atoms with van der Waals surface area (Å²) in [5.74, 6) is -3.81. The molecule has 202 valence electrons. The second-order valence-electron chi connectivity index (χ2n) is 8.00. The molecule has 1 aliphatic heterocycles. The van der Waals surface area contributed by atoms with Gasteiger partial charge in [-0.1, -0.05) is 0 Å². The highest BCUT2D eigenvalue weighted by atomic mass is 19.4. The molecule has 0 fully saturated rings. The van der Waals surface area contributed by atoms with Gasteiger partial charge in [0, 0.05) is 37.6 Å². The molecule has 0 radical (unpaired) electrons. The Morgan fingerprint density at radius 2 is 1.84 bits per heavy atom. The topological polar surface area (TPSA) is 125 Å². The summed E-state index contributed by atoms with van der Waals surface area (Å²) in [5.41, 5.74) is -4.78. The van der Waals surface area contributed by atoms with Crippen LogP contribution in [0.1, 0.15) is 31.4 Å². The van der Waals surface area contributed by atoms with Crippen LogP contribution < -0.4 is 21.1 Å². The van der Waals surface area contributed by atoms with Gasteiger partial charge in [0.05, 0.1) is 30.5 Å². The lowest BCUT2D eigenvalue weighted by Crippen LogP contribution is -2.53. The van der Waals surface area contributed by atoms with E-state index in [9.17, 15) is 35.9 Å². The van der Waals surface area contributed by atoms with Gasteiger partial charge in [0.1, 0.15) is 5.56 Å². The summed E-state index contributed by atoms with van der Waals surface area (Å²) < 4.78 is 99.9. The lowest BCUT2D eigenvalue weighted by molar-refractivity contribution is -0.149. The molecule has 1 unspecified atom stereocenters. The van der Waals surface area contributed by atoms with E-state index in [1.165, 1.54) is 19.9 Å². The maximum atomic E-state index is 16.1. The number of hydrogen-bond donors (Lipinski definition) is 3. The Labute approximate surface area is 203 Å². The number of amides is 1. The van der Waals surface area contributed by atoms with Gasteiger partial charge in [-0.15, -0.1) is 0 Å². The van der Waals surface area contributed by atoms with Crippen molar-refractivity contribution in [1.29, 1.82) is 0 Å². The van der Waals surface area contributed by atoms with E-state index >= 15 is 4.39 Å². The van der Waals surface area contributed by atoms with E-state index in [0.29, 0.717) is 12.4 Å². The van der Waals surface area contributed by atoms with Crippen molar-refractivity contribution in [2.24, 2.45) is 0 Å². The number of nitrogens with one attached hydrogen (secondary N) is 3. The molecule has 10 nitrogen and oxygen atoms in total. The number of rotatable bonds is 7. The molecule has 0 saturated carbocycles. The molecule has 0 spiro atoms. The van der Waals surface area contributed by atoms with Crippen LogP contribution in [0.5, 0.6) is 0 Å². The van der Waals surface area contributed by atoms with Crippen LogP contribution >= 0.6 is 0 Å². The molecule has 2 atom stereocenters. The van der Waals surface area contributed by atoms with Crippen molar-refractivity contribution in [1.82, 2.24) is 25.5 Å². The molecule has 0 aliphatic carbocycles. The summed E-state index contributed by atoms with van der Waals surface area (Å²) >= 11 is 0. The third kappa shape index (κ3) is 6.72. The number of H-pyrrole nitrogens is 1. The molecular weight excluding hydrogens is 519 g/mol. The molecule has 3 rings (SSSR count). The van der Waals surface area contributed by atoms with Crippen LogP contribution in [0.3, 0.4) is 0 Å². The minimum Gasteiger partial charge on any atom is -0.378 e. The maximum Gasteiger partial charge on any atom is 0.423 e. The van der Waals surface area contributed by atoms with Gasteiger partial charge in [-0.3, -0.25) is 14.5 Å². The fourth-order valence-electron chi connectivity index (χ4n) is 3.38. The van der Waals surface area contributed by atoms with Crippen LogP contribution in [-0.2, 0) is 21.9 Å². The lowest BCUT2D eigenvalue weighted by Gasteiger charge is -2.40. The minimum atomic E-state index is -5.01. The van der Waals surface area contributed by atoms with Gasteiger partial charge in [0.2, 0.25) is 11.9 Å². The van der Waals surface area contributed by atoms with Crippen molar-refractivity contribution in [3.8, 4) is 0 Å². The number of aromatic nitrogens is 4. The van der Waals surface area contributed by atoms with Gasteiger partial charge in [-0.2, -0.15) is 35.8 Å².